The van der Waals surface area contributed by atoms with Gasteiger partial charge in [0.05, 0.1) is 12.7 Å². The molecule has 0 bridgehead atoms. The van der Waals surface area contributed by atoms with Gasteiger partial charge in [-0.15, -0.1) is 0 Å². The van der Waals surface area contributed by atoms with Crippen molar-refractivity contribution in [2.24, 2.45) is 11.1 Å². The SMILES string of the molecule is CC(C)(C)OC(=O)N1CC2(CC(OCCN)C2)C1. The Balaban J connectivity index is 1.67. The smallest absolute Gasteiger partial charge is 0.410 e. The molecular formula is C13H24N2O3. The number of hydrogen-bond donors (Lipinski definition) is 1. The van der Waals surface area contributed by atoms with Gasteiger partial charge in [0.15, 0.2) is 0 Å². The first-order chi connectivity index (χ1) is 8.34. The number of rotatable bonds is 3. The molecule has 2 fully saturated rings. The van der Waals surface area contributed by atoms with Crippen LogP contribution in [0, 0.1) is 5.41 Å². The van der Waals surface area contributed by atoms with E-state index in [2.05, 4.69) is 0 Å². The molecule has 1 heterocycles. The Morgan fingerprint density at radius 3 is 2.50 bits per heavy atom. The van der Waals surface area contributed by atoms with E-state index in [4.69, 9.17) is 15.2 Å². The van der Waals surface area contributed by atoms with Gasteiger partial charge in [-0.1, -0.05) is 0 Å². The molecule has 5 heteroatoms. The van der Waals surface area contributed by atoms with Crippen LogP contribution in [0.25, 0.3) is 0 Å². The first-order valence-corrected chi connectivity index (χ1v) is 6.63. The second-order valence-corrected chi connectivity index (χ2v) is 6.53. The van der Waals surface area contributed by atoms with E-state index >= 15 is 0 Å². The molecule has 0 radical (unpaired) electrons. The predicted octanol–water partition coefficient (Wildman–Crippen LogP) is 1.36. The molecule has 0 atom stereocenters. The molecule has 0 aromatic heterocycles. The van der Waals surface area contributed by atoms with Crippen molar-refractivity contribution in [1.29, 1.82) is 0 Å². The van der Waals surface area contributed by atoms with Gasteiger partial charge in [0.1, 0.15) is 5.60 Å². The lowest BCUT2D eigenvalue weighted by Crippen LogP contribution is -2.65. The Bertz CT molecular complexity index is 311. The van der Waals surface area contributed by atoms with Crippen molar-refractivity contribution in [3.05, 3.63) is 0 Å². The quantitative estimate of drug-likeness (QED) is 0.828. The van der Waals surface area contributed by atoms with Crippen molar-refractivity contribution in [2.75, 3.05) is 26.2 Å². The minimum atomic E-state index is -0.410. The minimum absolute atomic E-state index is 0.195. The molecular weight excluding hydrogens is 232 g/mol. The maximum Gasteiger partial charge on any atom is 0.410 e. The maximum absolute atomic E-state index is 11.8. The first kappa shape index (κ1) is 13.6. The molecule has 2 aliphatic rings. The van der Waals surface area contributed by atoms with Crippen molar-refractivity contribution >= 4 is 6.09 Å². The average Bonchev–Trinajstić information content (AvgIpc) is 2.09. The Morgan fingerprint density at radius 1 is 1.39 bits per heavy atom. The third-order valence-electron chi connectivity index (χ3n) is 3.50. The summed E-state index contributed by atoms with van der Waals surface area (Å²) < 4.78 is 10.9. The molecule has 1 aliphatic heterocycles. The number of amides is 1. The number of carbonyl (C=O) groups is 1. The van der Waals surface area contributed by atoms with Gasteiger partial charge in [-0.25, -0.2) is 4.79 Å². The lowest BCUT2D eigenvalue weighted by atomic mass is 9.62. The molecule has 0 unspecified atom stereocenters. The van der Waals surface area contributed by atoms with E-state index in [1.54, 1.807) is 4.90 Å². The van der Waals surface area contributed by atoms with E-state index in [1.807, 2.05) is 20.8 Å². The third kappa shape index (κ3) is 2.95. The van der Waals surface area contributed by atoms with Gasteiger partial charge in [-0.2, -0.15) is 0 Å². The zero-order chi connectivity index (χ0) is 13.4. The van der Waals surface area contributed by atoms with Crippen molar-refractivity contribution in [3.8, 4) is 0 Å². The van der Waals surface area contributed by atoms with Crippen LogP contribution in [0.3, 0.4) is 0 Å². The highest BCUT2D eigenvalue weighted by Crippen LogP contribution is 2.49. The molecule has 1 saturated carbocycles. The first-order valence-electron chi connectivity index (χ1n) is 6.63. The van der Waals surface area contributed by atoms with Crippen molar-refractivity contribution in [2.45, 2.75) is 45.3 Å². The molecule has 2 N–H and O–H groups in total. The highest BCUT2D eigenvalue weighted by atomic mass is 16.6. The second kappa shape index (κ2) is 4.70. The van der Waals surface area contributed by atoms with Gasteiger partial charge < -0.3 is 20.1 Å². The lowest BCUT2D eigenvalue weighted by molar-refractivity contribution is -0.145. The summed E-state index contributed by atoms with van der Waals surface area (Å²) in [7, 11) is 0. The van der Waals surface area contributed by atoms with E-state index in [0.717, 1.165) is 25.9 Å². The highest BCUT2D eigenvalue weighted by Gasteiger charge is 2.54. The molecule has 2 rings (SSSR count). The zero-order valence-electron chi connectivity index (χ0n) is 11.6. The summed E-state index contributed by atoms with van der Waals surface area (Å²) in [5, 5.41) is 0. The van der Waals surface area contributed by atoms with Gasteiger partial charge in [-0.05, 0) is 33.6 Å². The van der Waals surface area contributed by atoms with E-state index < -0.39 is 5.60 Å². The Hall–Kier alpha value is -0.810. The van der Waals surface area contributed by atoms with Crippen LogP contribution in [0.4, 0.5) is 4.79 Å². The van der Waals surface area contributed by atoms with Crippen LogP contribution >= 0.6 is 0 Å². The summed E-state index contributed by atoms with van der Waals surface area (Å²) in [6.45, 7) is 8.50. The summed E-state index contributed by atoms with van der Waals surface area (Å²) in [5.41, 5.74) is 5.29. The number of likely N-dealkylation sites (tertiary alicyclic amines) is 1. The summed E-state index contributed by atoms with van der Waals surface area (Å²) in [6.07, 6.45) is 2.24. The van der Waals surface area contributed by atoms with Gasteiger partial charge >= 0.3 is 6.09 Å². The monoisotopic (exact) mass is 256 g/mol. The molecule has 1 spiro atoms. The number of ether oxygens (including phenoxy) is 2. The van der Waals surface area contributed by atoms with Gasteiger partial charge in [0.2, 0.25) is 0 Å². The van der Waals surface area contributed by atoms with Gasteiger partial charge in [0.25, 0.3) is 0 Å². The third-order valence-corrected chi connectivity index (χ3v) is 3.50. The molecule has 1 amide bonds. The highest BCUT2D eigenvalue weighted by molar-refractivity contribution is 5.69. The predicted molar refractivity (Wildman–Crippen MR) is 68.3 cm³/mol. The van der Waals surface area contributed by atoms with Crippen LogP contribution in [0.2, 0.25) is 0 Å². The Labute approximate surface area is 109 Å². The largest absolute Gasteiger partial charge is 0.444 e. The standard InChI is InChI=1S/C13H24N2O3/c1-12(2,3)18-11(16)15-8-13(9-15)6-10(7-13)17-5-4-14/h10H,4-9,14H2,1-3H3. The second-order valence-electron chi connectivity index (χ2n) is 6.53. The summed E-state index contributed by atoms with van der Waals surface area (Å²) in [4.78, 5) is 13.6. The maximum atomic E-state index is 11.8. The topological polar surface area (TPSA) is 64.8 Å². The zero-order valence-corrected chi connectivity index (χ0v) is 11.6. The van der Waals surface area contributed by atoms with E-state index in [9.17, 15) is 4.79 Å². The molecule has 0 aromatic rings. The van der Waals surface area contributed by atoms with Crippen molar-refractivity contribution in [1.82, 2.24) is 4.90 Å². The summed E-state index contributed by atoms with van der Waals surface area (Å²) in [5.74, 6) is 0. The average molecular weight is 256 g/mol. The number of nitrogens with two attached hydrogens (primary N) is 1. The molecule has 18 heavy (non-hydrogen) atoms. The van der Waals surface area contributed by atoms with Crippen molar-refractivity contribution in [3.63, 3.8) is 0 Å². The fraction of sp³-hybridized carbons (Fsp3) is 0.923. The van der Waals surface area contributed by atoms with Crippen molar-refractivity contribution < 1.29 is 14.3 Å². The van der Waals surface area contributed by atoms with E-state index in [1.165, 1.54) is 0 Å². The Kier molecular flexibility index (Phi) is 3.56. The fourth-order valence-corrected chi connectivity index (χ4v) is 2.74. The number of hydrogen-bond acceptors (Lipinski definition) is 4. The summed E-state index contributed by atoms with van der Waals surface area (Å²) >= 11 is 0. The Morgan fingerprint density at radius 2 is 2.00 bits per heavy atom. The fourth-order valence-electron chi connectivity index (χ4n) is 2.74. The van der Waals surface area contributed by atoms with Crippen LogP contribution in [-0.4, -0.2) is 48.9 Å². The molecule has 1 saturated heterocycles. The summed E-state index contributed by atoms with van der Waals surface area (Å²) in [6, 6.07) is 0. The number of carbonyl (C=O) groups excluding carboxylic acids is 1. The molecule has 0 aromatic carbocycles. The number of nitrogens with zero attached hydrogens (tertiary/aromatic N) is 1. The molecule has 104 valence electrons. The molecule has 5 nitrogen and oxygen atoms in total. The van der Waals surface area contributed by atoms with Crippen LogP contribution in [-0.2, 0) is 9.47 Å². The van der Waals surface area contributed by atoms with Crippen LogP contribution in [0.5, 0.6) is 0 Å². The minimum Gasteiger partial charge on any atom is -0.444 e. The normalized spacial score (nSPS) is 22.6. The van der Waals surface area contributed by atoms with Gasteiger partial charge in [-0.3, -0.25) is 0 Å². The van der Waals surface area contributed by atoms with Crippen LogP contribution in [0.15, 0.2) is 0 Å². The van der Waals surface area contributed by atoms with Gasteiger partial charge in [0, 0.05) is 25.0 Å². The molecule has 1 aliphatic carbocycles. The van der Waals surface area contributed by atoms with Crippen LogP contribution in [0.1, 0.15) is 33.6 Å². The van der Waals surface area contributed by atoms with E-state index in [0.29, 0.717) is 24.7 Å². The lowest BCUT2D eigenvalue weighted by Gasteiger charge is -2.58. The van der Waals surface area contributed by atoms with E-state index in [-0.39, 0.29) is 6.09 Å². The van der Waals surface area contributed by atoms with Crippen LogP contribution < -0.4 is 5.73 Å².